The molecule has 0 saturated heterocycles. The molecule has 0 unspecified atom stereocenters. The summed E-state index contributed by atoms with van der Waals surface area (Å²) >= 11 is 0. The number of aliphatic hydroxyl groups is 3. The quantitative estimate of drug-likeness (QED) is 0.531. The zero-order valence-electron chi connectivity index (χ0n) is 19.6. The zero-order chi connectivity index (χ0) is 22.1. The molecule has 0 aliphatic heterocycles. The summed E-state index contributed by atoms with van der Waals surface area (Å²) in [6.45, 7) is 13.2. The topological polar surface area (TPSA) is 60.7 Å². The average Bonchev–Trinajstić information content (AvgIpc) is 3.04. The number of hydrogen-bond donors (Lipinski definition) is 3. The molecule has 0 spiro atoms. The third-order valence-corrected chi connectivity index (χ3v) is 8.68. The number of fused-ring (bicyclic) bond motifs is 1. The van der Waals surface area contributed by atoms with Gasteiger partial charge in [-0.15, -0.1) is 0 Å². The lowest BCUT2D eigenvalue weighted by Gasteiger charge is -2.44. The number of aliphatic hydroxyl groups excluding tert-OH is 3. The molecule has 30 heavy (non-hydrogen) atoms. The highest BCUT2D eigenvalue weighted by Crippen LogP contribution is 2.60. The van der Waals surface area contributed by atoms with Crippen molar-refractivity contribution >= 4 is 0 Å². The minimum Gasteiger partial charge on any atom is -0.393 e. The summed E-state index contributed by atoms with van der Waals surface area (Å²) in [7, 11) is 0. The minimum atomic E-state index is -0.618. The maximum atomic E-state index is 10.3. The summed E-state index contributed by atoms with van der Waals surface area (Å²) in [6, 6.07) is 0. The largest absolute Gasteiger partial charge is 0.393 e. The van der Waals surface area contributed by atoms with Gasteiger partial charge in [0.2, 0.25) is 0 Å². The van der Waals surface area contributed by atoms with Gasteiger partial charge < -0.3 is 15.3 Å². The fourth-order valence-corrected chi connectivity index (χ4v) is 6.65. The summed E-state index contributed by atoms with van der Waals surface area (Å²) in [5.41, 5.74) is 3.69. The molecule has 0 heterocycles. The van der Waals surface area contributed by atoms with Crippen molar-refractivity contribution in [3.8, 4) is 0 Å². The first-order valence-corrected chi connectivity index (χ1v) is 12.3. The smallest absolute Gasteiger partial charge is 0.0811 e. The molecule has 3 N–H and O–H groups in total. The lowest BCUT2D eigenvalue weighted by molar-refractivity contribution is 0.0717. The van der Waals surface area contributed by atoms with Gasteiger partial charge in [-0.05, 0) is 91.6 Å². The first kappa shape index (κ1) is 23.8. The Bertz CT molecular complexity index is 676. The van der Waals surface area contributed by atoms with Crippen LogP contribution in [0.1, 0.15) is 85.5 Å². The molecule has 3 heteroatoms. The second-order valence-electron chi connectivity index (χ2n) is 11.0. The predicted octanol–water partition coefficient (Wildman–Crippen LogP) is 5.56. The molecule has 3 nitrogen and oxygen atoms in total. The van der Waals surface area contributed by atoms with Crippen molar-refractivity contribution in [3.05, 3.63) is 35.5 Å². The Kier molecular flexibility index (Phi) is 7.69. The Morgan fingerprint density at radius 1 is 1.13 bits per heavy atom. The second kappa shape index (κ2) is 9.71. The Morgan fingerprint density at radius 2 is 1.87 bits per heavy atom. The molecule has 0 aromatic rings. The van der Waals surface area contributed by atoms with Crippen LogP contribution in [0.3, 0.4) is 0 Å². The van der Waals surface area contributed by atoms with Crippen LogP contribution in [0.4, 0.5) is 0 Å². The van der Waals surface area contributed by atoms with Crippen molar-refractivity contribution in [2.24, 2.45) is 29.1 Å². The normalized spacial score (nSPS) is 39.5. The summed E-state index contributed by atoms with van der Waals surface area (Å²) < 4.78 is 0. The van der Waals surface area contributed by atoms with E-state index < -0.39 is 12.2 Å². The zero-order valence-corrected chi connectivity index (χ0v) is 19.6. The van der Waals surface area contributed by atoms with Gasteiger partial charge in [-0.25, -0.2) is 0 Å². The molecule has 3 aliphatic rings. The molecular formula is C27H44O3. The first-order valence-electron chi connectivity index (χ1n) is 12.3. The summed E-state index contributed by atoms with van der Waals surface area (Å²) in [5.74, 6) is 2.35. The van der Waals surface area contributed by atoms with Gasteiger partial charge in [0.1, 0.15) is 0 Å². The van der Waals surface area contributed by atoms with Gasteiger partial charge in [0, 0.05) is 6.42 Å². The van der Waals surface area contributed by atoms with Crippen molar-refractivity contribution in [1.29, 1.82) is 0 Å². The second-order valence-corrected chi connectivity index (χ2v) is 11.0. The summed E-state index contributed by atoms with van der Waals surface area (Å²) in [5, 5.41) is 30.4. The van der Waals surface area contributed by atoms with E-state index in [9.17, 15) is 15.3 Å². The van der Waals surface area contributed by atoms with E-state index in [1.165, 1.54) is 25.7 Å². The van der Waals surface area contributed by atoms with E-state index in [0.717, 1.165) is 36.3 Å². The number of rotatable bonds is 6. The monoisotopic (exact) mass is 416 g/mol. The van der Waals surface area contributed by atoms with Crippen LogP contribution in [-0.2, 0) is 0 Å². The van der Waals surface area contributed by atoms with Crippen LogP contribution in [0, 0.1) is 29.1 Å². The van der Waals surface area contributed by atoms with Gasteiger partial charge in [0.05, 0.1) is 18.3 Å². The number of hydrogen-bond acceptors (Lipinski definition) is 3. The van der Waals surface area contributed by atoms with Gasteiger partial charge in [-0.2, -0.15) is 0 Å². The summed E-state index contributed by atoms with van der Waals surface area (Å²) in [6.07, 6.45) is 12.4. The fourth-order valence-electron chi connectivity index (χ4n) is 6.65. The van der Waals surface area contributed by atoms with Crippen LogP contribution in [0.15, 0.2) is 35.5 Å². The van der Waals surface area contributed by atoms with Crippen LogP contribution in [-0.4, -0.2) is 33.6 Å². The van der Waals surface area contributed by atoms with E-state index >= 15 is 0 Å². The van der Waals surface area contributed by atoms with E-state index in [-0.39, 0.29) is 6.10 Å². The number of allylic oxidation sites excluding steroid dienone is 3. The third kappa shape index (κ3) is 4.95. The van der Waals surface area contributed by atoms with E-state index in [1.807, 2.05) is 0 Å². The Hall–Kier alpha value is -0.900. The maximum Gasteiger partial charge on any atom is 0.0811 e. The van der Waals surface area contributed by atoms with Crippen molar-refractivity contribution in [3.63, 3.8) is 0 Å². The standard InChI is InChI=1S/C27H44O3/c1-17(2)25(29)13-8-18(3)23-11-12-24-20(7-6-14-27(23,24)5)9-10-21-15-22(28)16-26(30)19(21)4/h9-10,17-18,22-26,28-30H,4,6-8,11-16H2,1-3,5H3/b20-9-,21-10-/t18-,22-,23-,24-,25-,26+,27+/m1/s1. The van der Waals surface area contributed by atoms with Gasteiger partial charge in [-0.1, -0.05) is 52.0 Å². The molecule has 0 bridgehead atoms. The molecule has 3 aliphatic carbocycles. The van der Waals surface area contributed by atoms with Crippen LogP contribution in [0.5, 0.6) is 0 Å². The minimum absolute atomic E-state index is 0.180. The molecular weight excluding hydrogens is 372 g/mol. The van der Waals surface area contributed by atoms with Crippen molar-refractivity contribution in [2.45, 2.75) is 104 Å². The maximum absolute atomic E-state index is 10.3. The van der Waals surface area contributed by atoms with E-state index in [4.69, 9.17) is 0 Å². The SMILES string of the molecule is C=C1/C(=C\C=C2\CCC[C@]3(C)[C@@H]2CC[C@@H]3[C@H](C)CC[C@@H](O)C(C)C)C[C@@H](O)C[C@@H]1O. The lowest BCUT2D eigenvalue weighted by Crippen LogP contribution is -2.36. The molecule has 3 rings (SSSR count). The highest BCUT2D eigenvalue weighted by Gasteiger charge is 2.50. The van der Waals surface area contributed by atoms with E-state index in [0.29, 0.717) is 36.0 Å². The predicted molar refractivity (Wildman–Crippen MR) is 124 cm³/mol. The molecule has 3 saturated carbocycles. The Balaban J connectivity index is 1.72. The average molecular weight is 417 g/mol. The van der Waals surface area contributed by atoms with Gasteiger partial charge >= 0.3 is 0 Å². The molecule has 3 fully saturated rings. The first-order chi connectivity index (χ1) is 14.1. The van der Waals surface area contributed by atoms with E-state index in [2.05, 4.69) is 46.4 Å². The molecule has 0 amide bonds. The van der Waals surface area contributed by atoms with Crippen molar-refractivity contribution in [1.82, 2.24) is 0 Å². The van der Waals surface area contributed by atoms with Crippen molar-refractivity contribution < 1.29 is 15.3 Å². The van der Waals surface area contributed by atoms with Crippen molar-refractivity contribution in [2.75, 3.05) is 0 Å². The molecule has 0 aromatic heterocycles. The fraction of sp³-hybridized carbons (Fsp3) is 0.778. The molecule has 0 radical (unpaired) electrons. The van der Waals surface area contributed by atoms with Gasteiger partial charge in [-0.3, -0.25) is 0 Å². The van der Waals surface area contributed by atoms with Gasteiger partial charge in [0.15, 0.2) is 0 Å². The highest BCUT2D eigenvalue weighted by atomic mass is 16.3. The third-order valence-electron chi connectivity index (χ3n) is 8.68. The molecule has 170 valence electrons. The molecule has 0 aromatic carbocycles. The Labute approximate surface area is 184 Å². The van der Waals surface area contributed by atoms with Crippen LogP contribution >= 0.6 is 0 Å². The van der Waals surface area contributed by atoms with Crippen LogP contribution in [0.2, 0.25) is 0 Å². The molecule has 7 atom stereocenters. The highest BCUT2D eigenvalue weighted by molar-refractivity contribution is 5.38. The van der Waals surface area contributed by atoms with Gasteiger partial charge in [0.25, 0.3) is 0 Å². The summed E-state index contributed by atoms with van der Waals surface area (Å²) in [4.78, 5) is 0. The lowest BCUT2D eigenvalue weighted by atomic mass is 9.60. The van der Waals surface area contributed by atoms with E-state index in [1.54, 1.807) is 5.57 Å². The Morgan fingerprint density at radius 3 is 2.57 bits per heavy atom. The van der Waals surface area contributed by atoms with Crippen LogP contribution in [0.25, 0.3) is 0 Å². The van der Waals surface area contributed by atoms with Crippen LogP contribution < -0.4 is 0 Å².